The lowest BCUT2D eigenvalue weighted by Crippen LogP contribution is -2.46. The molecule has 1 fully saturated rings. The van der Waals surface area contributed by atoms with Gasteiger partial charge in [-0.2, -0.15) is 0 Å². The molecule has 1 aliphatic heterocycles. The van der Waals surface area contributed by atoms with Gasteiger partial charge in [-0.05, 0) is 26.2 Å². The van der Waals surface area contributed by atoms with Gasteiger partial charge in [-0.3, -0.25) is 4.99 Å². The minimum absolute atomic E-state index is 0.401. The molecule has 0 aromatic rings. The second kappa shape index (κ2) is 9.15. The zero-order chi connectivity index (χ0) is 14.1. The van der Waals surface area contributed by atoms with Crippen molar-refractivity contribution in [2.75, 3.05) is 54.1 Å². The van der Waals surface area contributed by atoms with E-state index in [0.29, 0.717) is 6.10 Å². The van der Waals surface area contributed by atoms with Crippen LogP contribution in [0.3, 0.4) is 0 Å². The minimum Gasteiger partial charge on any atom is -0.385 e. The number of likely N-dealkylation sites (tertiary alicyclic amines) is 1. The van der Waals surface area contributed by atoms with Gasteiger partial charge in [-0.15, -0.1) is 0 Å². The second-order valence-corrected chi connectivity index (χ2v) is 5.07. The normalized spacial score (nSPS) is 17.9. The van der Waals surface area contributed by atoms with E-state index in [0.717, 1.165) is 58.1 Å². The number of methoxy groups -OCH3 is 1. The number of ether oxygens (including phenoxy) is 2. The molecule has 0 radical (unpaired) electrons. The number of hydrogen-bond acceptors (Lipinski definition) is 3. The highest BCUT2D eigenvalue weighted by Crippen LogP contribution is 2.15. The van der Waals surface area contributed by atoms with Crippen LogP contribution < -0.4 is 0 Å². The summed E-state index contributed by atoms with van der Waals surface area (Å²) in [6, 6.07) is 0. The van der Waals surface area contributed by atoms with Crippen molar-refractivity contribution < 1.29 is 9.47 Å². The summed E-state index contributed by atoms with van der Waals surface area (Å²) in [7, 11) is 5.85. The van der Waals surface area contributed by atoms with Gasteiger partial charge < -0.3 is 19.3 Å². The largest absolute Gasteiger partial charge is 0.385 e. The van der Waals surface area contributed by atoms with Crippen LogP contribution in [0.1, 0.15) is 26.2 Å². The number of hydrogen-bond donors (Lipinski definition) is 0. The maximum Gasteiger partial charge on any atom is 0.196 e. The molecule has 0 aliphatic carbocycles. The molecule has 1 aliphatic rings. The summed E-state index contributed by atoms with van der Waals surface area (Å²) in [5.41, 5.74) is 0. The molecule has 112 valence electrons. The molecule has 1 heterocycles. The van der Waals surface area contributed by atoms with Crippen molar-refractivity contribution in [3.63, 3.8) is 0 Å². The average molecular weight is 271 g/mol. The Labute approximate surface area is 117 Å². The first-order chi connectivity index (χ1) is 9.19. The third-order valence-corrected chi connectivity index (χ3v) is 3.27. The standard InChI is InChI=1S/C14H29N3O2/c1-5-15-14(16(2)3)17-9-7-13(8-10-17)19-12-6-11-18-4/h13H,5-12H2,1-4H3. The SMILES string of the molecule is CCN=C(N(C)C)N1CCC(OCCCOC)CC1. The quantitative estimate of drug-likeness (QED) is 0.416. The van der Waals surface area contributed by atoms with Crippen LogP contribution in [0.5, 0.6) is 0 Å². The van der Waals surface area contributed by atoms with Gasteiger partial charge in [-0.1, -0.05) is 0 Å². The molecule has 0 N–H and O–H groups in total. The van der Waals surface area contributed by atoms with Gasteiger partial charge in [0.1, 0.15) is 0 Å². The van der Waals surface area contributed by atoms with Gasteiger partial charge in [0.15, 0.2) is 5.96 Å². The Hall–Kier alpha value is -0.810. The second-order valence-electron chi connectivity index (χ2n) is 5.07. The highest BCUT2D eigenvalue weighted by atomic mass is 16.5. The van der Waals surface area contributed by atoms with Crippen LogP contribution in [0, 0.1) is 0 Å². The molecule has 19 heavy (non-hydrogen) atoms. The van der Waals surface area contributed by atoms with Crippen molar-refractivity contribution in [1.29, 1.82) is 0 Å². The third-order valence-electron chi connectivity index (χ3n) is 3.27. The monoisotopic (exact) mass is 271 g/mol. The van der Waals surface area contributed by atoms with Crippen LogP contribution in [0.4, 0.5) is 0 Å². The van der Waals surface area contributed by atoms with E-state index in [1.54, 1.807) is 7.11 Å². The molecular weight excluding hydrogens is 242 g/mol. The summed E-state index contributed by atoms with van der Waals surface area (Å²) < 4.78 is 10.9. The highest BCUT2D eigenvalue weighted by molar-refractivity contribution is 5.79. The fourth-order valence-corrected chi connectivity index (χ4v) is 2.34. The fraction of sp³-hybridized carbons (Fsp3) is 0.929. The molecule has 0 amide bonds. The highest BCUT2D eigenvalue weighted by Gasteiger charge is 2.22. The topological polar surface area (TPSA) is 37.3 Å². The molecule has 0 saturated carbocycles. The maximum atomic E-state index is 5.87. The Morgan fingerprint density at radius 2 is 1.95 bits per heavy atom. The molecule has 0 atom stereocenters. The molecular formula is C14H29N3O2. The van der Waals surface area contributed by atoms with Crippen LogP contribution in [0.15, 0.2) is 4.99 Å². The first kappa shape index (κ1) is 16.2. The van der Waals surface area contributed by atoms with Crippen molar-refractivity contribution in [2.24, 2.45) is 4.99 Å². The molecule has 1 saturated heterocycles. The number of aliphatic imine (C=N–C) groups is 1. The van der Waals surface area contributed by atoms with Crippen LogP contribution >= 0.6 is 0 Å². The van der Waals surface area contributed by atoms with E-state index in [4.69, 9.17) is 9.47 Å². The van der Waals surface area contributed by atoms with Crippen molar-refractivity contribution in [2.45, 2.75) is 32.3 Å². The lowest BCUT2D eigenvalue weighted by atomic mass is 10.1. The third kappa shape index (κ3) is 5.78. The molecule has 0 spiro atoms. The van der Waals surface area contributed by atoms with Gasteiger partial charge >= 0.3 is 0 Å². The molecule has 5 nitrogen and oxygen atoms in total. The predicted molar refractivity (Wildman–Crippen MR) is 78.7 cm³/mol. The molecule has 1 rings (SSSR count). The molecule has 0 aromatic heterocycles. The van der Waals surface area contributed by atoms with Crippen molar-refractivity contribution in [3.05, 3.63) is 0 Å². The molecule has 0 unspecified atom stereocenters. The van der Waals surface area contributed by atoms with E-state index >= 15 is 0 Å². The lowest BCUT2D eigenvalue weighted by molar-refractivity contribution is 0.00912. The van der Waals surface area contributed by atoms with Crippen molar-refractivity contribution in [3.8, 4) is 0 Å². The summed E-state index contributed by atoms with van der Waals surface area (Å²) >= 11 is 0. The fourth-order valence-electron chi connectivity index (χ4n) is 2.34. The minimum atomic E-state index is 0.401. The van der Waals surface area contributed by atoms with E-state index in [2.05, 4.69) is 35.8 Å². The first-order valence-electron chi connectivity index (χ1n) is 7.26. The first-order valence-corrected chi connectivity index (χ1v) is 7.26. The molecule has 0 aromatic carbocycles. The summed E-state index contributed by atoms with van der Waals surface area (Å²) in [6.07, 6.45) is 3.56. The summed E-state index contributed by atoms with van der Waals surface area (Å²) in [5.74, 6) is 1.10. The van der Waals surface area contributed by atoms with E-state index in [1.165, 1.54) is 0 Å². The Balaban J connectivity index is 2.29. The smallest absolute Gasteiger partial charge is 0.196 e. The van der Waals surface area contributed by atoms with Crippen LogP contribution in [0.2, 0.25) is 0 Å². The van der Waals surface area contributed by atoms with Gasteiger partial charge in [0.05, 0.1) is 6.10 Å². The van der Waals surface area contributed by atoms with E-state index in [-0.39, 0.29) is 0 Å². The van der Waals surface area contributed by atoms with Gasteiger partial charge in [-0.25, -0.2) is 0 Å². The predicted octanol–water partition coefficient (Wildman–Crippen LogP) is 1.44. The molecule has 5 heteroatoms. The van der Waals surface area contributed by atoms with Crippen LogP contribution in [-0.4, -0.2) is 75.9 Å². The van der Waals surface area contributed by atoms with Crippen LogP contribution in [0.25, 0.3) is 0 Å². The molecule has 0 bridgehead atoms. The van der Waals surface area contributed by atoms with Crippen molar-refractivity contribution >= 4 is 5.96 Å². The van der Waals surface area contributed by atoms with E-state index in [9.17, 15) is 0 Å². The zero-order valence-corrected chi connectivity index (χ0v) is 12.9. The Morgan fingerprint density at radius 1 is 1.26 bits per heavy atom. The lowest BCUT2D eigenvalue weighted by Gasteiger charge is -2.36. The number of piperidine rings is 1. The Kier molecular flexibility index (Phi) is 7.82. The summed E-state index contributed by atoms with van der Waals surface area (Å²) in [5, 5.41) is 0. The van der Waals surface area contributed by atoms with Crippen molar-refractivity contribution in [1.82, 2.24) is 9.80 Å². The summed E-state index contributed by atoms with van der Waals surface area (Å²) in [4.78, 5) is 9.03. The summed E-state index contributed by atoms with van der Waals surface area (Å²) in [6.45, 7) is 6.57. The zero-order valence-electron chi connectivity index (χ0n) is 12.9. The van der Waals surface area contributed by atoms with Crippen LogP contribution in [-0.2, 0) is 9.47 Å². The Bertz CT molecular complexity index is 261. The van der Waals surface area contributed by atoms with E-state index < -0.39 is 0 Å². The number of rotatable bonds is 6. The maximum absolute atomic E-state index is 5.87. The Morgan fingerprint density at radius 3 is 2.47 bits per heavy atom. The number of guanidine groups is 1. The average Bonchev–Trinajstić information content (AvgIpc) is 2.41. The van der Waals surface area contributed by atoms with E-state index in [1.807, 2.05) is 0 Å². The van der Waals surface area contributed by atoms with Gasteiger partial charge in [0, 0.05) is 54.1 Å². The van der Waals surface area contributed by atoms with Gasteiger partial charge in [0.2, 0.25) is 0 Å². The van der Waals surface area contributed by atoms with Gasteiger partial charge in [0.25, 0.3) is 0 Å². The number of nitrogens with zero attached hydrogens (tertiary/aromatic N) is 3.